The lowest BCUT2D eigenvalue weighted by Crippen LogP contribution is -2.41. The van der Waals surface area contributed by atoms with E-state index in [1.165, 1.54) is 24.1 Å². The average Bonchev–Trinajstić information content (AvgIpc) is 2.79. The number of methoxy groups -OCH3 is 1. The second kappa shape index (κ2) is 10.4. The first kappa shape index (κ1) is 24.8. The van der Waals surface area contributed by atoms with Gasteiger partial charge in [0.25, 0.3) is 10.0 Å². The molecule has 3 rings (SSSR count). The van der Waals surface area contributed by atoms with E-state index in [9.17, 15) is 13.2 Å². The van der Waals surface area contributed by atoms with Crippen LogP contribution in [0, 0.1) is 13.8 Å². The third-order valence-corrected chi connectivity index (χ3v) is 7.67. The number of nitrogens with zero attached hydrogens (tertiary/aromatic N) is 2. The molecular formula is C25H27BrN2O4S. The Morgan fingerprint density at radius 3 is 2.06 bits per heavy atom. The zero-order chi connectivity index (χ0) is 24.2. The van der Waals surface area contributed by atoms with E-state index in [1.807, 2.05) is 50.2 Å². The highest BCUT2D eigenvalue weighted by Crippen LogP contribution is 2.31. The molecule has 0 aliphatic carbocycles. The normalized spacial score (nSPS) is 11.2. The molecule has 8 heteroatoms. The second-order valence-electron chi connectivity index (χ2n) is 7.88. The highest BCUT2D eigenvalue weighted by atomic mass is 79.9. The van der Waals surface area contributed by atoms with Crippen LogP contribution in [0.3, 0.4) is 0 Å². The maximum absolute atomic E-state index is 13.6. The summed E-state index contributed by atoms with van der Waals surface area (Å²) < 4.78 is 34.1. The molecule has 1 amide bonds. The molecule has 0 aliphatic heterocycles. The predicted octanol–water partition coefficient (Wildman–Crippen LogP) is 4.93. The van der Waals surface area contributed by atoms with Crippen LogP contribution in [0.1, 0.15) is 16.7 Å². The summed E-state index contributed by atoms with van der Waals surface area (Å²) in [7, 11) is -0.839. The zero-order valence-corrected chi connectivity index (χ0v) is 21.5. The fourth-order valence-electron chi connectivity index (χ4n) is 3.26. The number of halogens is 1. The van der Waals surface area contributed by atoms with E-state index < -0.39 is 10.0 Å². The summed E-state index contributed by atoms with van der Waals surface area (Å²) in [5.41, 5.74) is 3.52. The molecule has 6 nitrogen and oxygen atoms in total. The highest BCUT2D eigenvalue weighted by molar-refractivity contribution is 9.10. The van der Waals surface area contributed by atoms with Crippen molar-refractivity contribution in [2.45, 2.75) is 25.3 Å². The Balaban J connectivity index is 1.92. The summed E-state index contributed by atoms with van der Waals surface area (Å²) >= 11 is 3.35. The van der Waals surface area contributed by atoms with Crippen molar-refractivity contribution in [3.05, 3.63) is 87.9 Å². The molecule has 33 heavy (non-hydrogen) atoms. The molecule has 0 saturated heterocycles. The quantitative estimate of drug-likeness (QED) is 0.414. The summed E-state index contributed by atoms with van der Waals surface area (Å²) in [4.78, 5) is 14.7. The Morgan fingerprint density at radius 2 is 1.52 bits per heavy atom. The minimum absolute atomic E-state index is 0.0599. The molecule has 3 aromatic carbocycles. The number of aryl methyl sites for hydroxylation is 2. The first-order valence-corrected chi connectivity index (χ1v) is 12.6. The predicted molar refractivity (Wildman–Crippen MR) is 134 cm³/mol. The number of anilines is 1. The monoisotopic (exact) mass is 530 g/mol. The largest absolute Gasteiger partial charge is 0.496 e. The number of likely N-dealkylation sites (N-methyl/N-ethyl adjacent to an activating group) is 1. The maximum atomic E-state index is 13.6. The van der Waals surface area contributed by atoms with Crippen molar-refractivity contribution in [1.82, 2.24) is 4.90 Å². The second-order valence-corrected chi connectivity index (χ2v) is 10.6. The topological polar surface area (TPSA) is 66.9 Å². The van der Waals surface area contributed by atoms with Gasteiger partial charge >= 0.3 is 0 Å². The number of hydrogen-bond donors (Lipinski definition) is 0. The molecule has 0 saturated carbocycles. The lowest BCUT2D eigenvalue weighted by atomic mass is 10.1. The van der Waals surface area contributed by atoms with E-state index in [4.69, 9.17) is 4.74 Å². The van der Waals surface area contributed by atoms with E-state index >= 15 is 0 Å². The van der Waals surface area contributed by atoms with Crippen LogP contribution in [0.5, 0.6) is 5.75 Å². The van der Waals surface area contributed by atoms with Gasteiger partial charge in [0, 0.05) is 13.6 Å². The molecule has 0 N–H and O–H groups in total. The smallest absolute Gasteiger partial charge is 0.264 e. The van der Waals surface area contributed by atoms with E-state index in [0.29, 0.717) is 22.5 Å². The highest BCUT2D eigenvalue weighted by Gasteiger charge is 2.29. The van der Waals surface area contributed by atoms with E-state index in [2.05, 4.69) is 15.9 Å². The van der Waals surface area contributed by atoms with Gasteiger partial charge in [0.1, 0.15) is 12.3 Å². The van der Waals surface area contributed by atoms with Crippen molar-refractivity contribution < 1.29 is 17.9 Å². The van der Waals surface area contributed by atoms with Gasteiger partial charge in [-0.05, 0) is 65.7 Å². The minimum atomic E-state index is -4.02. The van der Waals surface area contributed by atoms with Crippen LogP contribution in [0.4, 0.5) is 5.69 Å². The van der Waals surface area contributed by atoms with Crippen molar-refractivity contribution in [2.75, 3.05) is 25.0 Å². The number of carbonyl (C=O) groups excluding carboxylic acids is 1. The summed E-state index contributed by atoms with van der Waals surface area (Å²) in [6.07, 6.45) is 0. The number of rotatable bonds is 8. The van der Waals surface area contributed by atoms with Crippen LogP contribution in [-0.2, 0) is 21.4 Å². The van der Waals surface area contributed by atoms with Crippen LogP contribution in [0.2, 0.25) is 0 Å². The Morgan fingerprint density at radius 1 is 0.939 bits per heavy atom. The van der Waals surface area contributed by atoms with Crippen molar-refractivity contribution in [3.8, 4) is 5.75 Å². The molecule has 3 aromatic rings. The number of amides is 1. The average molecular weight is 531 g/mol. The third kappa shape index (κ3) is 5.94. The number of carbonyl (C=O) groups is 1. The number of hydrogen-bond acceptors (Lipinski definition) is 4. The van der Waals surface area contributed by atoms with E-state index in [-0.39, 0.29) is 17.3 Å². The maximum Gasteiger partial charge on any atom is 0.264 e. The molecule has 0 bridgehead atoms. The molecule has 0 spiro atoms. The van der Waals surface area contributed by atoms with Gasteiger partial charge in [-0.1, -0.05) is 47.5 Å². The van der Waals surface area contributed by atoms with E-state index in [0.717, 1.165) is 21.0 Å². The minimum Gasteiger partial charge on any atom is -0.496 e. The Kier molecular flexibility index (Phi) is 7.81. The van der Waals surface area contributed by atoms with Gasteiger partial charge in [0.15, 0.2) is 0 Å². The Bertz CT molecular complexity index is 1230. The Hall–Kier alpha value is -2.84. The molecule has 0 heterocycles. The molecular weight excluding hydrogens is 504 g/mol. The van der Waals surface area contributed by atoms with Crippen molar-refractivity contribution in [1.29, 1.82) is 0 Å². The van der Waals surface area contributed by atoms with Crippen LogP contribution in [-0.4, -0.2) is 39.9 Å². The zero-order valence-electron chi connectivity index (χ0n) is 19.1. The van der Waals surface area contributed by atoms with Crippen molar-refractivity contribution in [3.63, 3.8) is 0 Å². The van der Waals surface area contributed by atoms with Gasteiger partial charge in [0.05, 0.1) is 22.2 Å². The summed E-state index contributed by atoms with van der Waals surface area (Å²) in [6.45, 7) is 3.98. The SMILES string of the molecule is COc1ccc(S(=O)(=O)N(CC(=O)N(C)Cc2ccc(C)cc2)c2ccc(C)cc2)cc1Br. The molecule has 0 aromatic heterocycles. The number of sulfonamides is 1. The van der Waals surface area contributed by atoms with Crippen LogP contribution in [0.15, 0.2) is 76.1 Å². The van der Waals surface area contributed by atoms with Crippen molar-refractivity contribution in [2.24, 2.45) is 0 Å². The van der Waals surface area contributed by atoms with Crippen LogP contribution < -0.4 is 9.04 Å². The van der Waals surface area contributed by atoms with Crippen LogP contribution >= 0.6 is 15.9 Å². The fourth-order valence-corrected chi connectivity index (χ4v) is 5.39. The molecule has 174 valence electrons. The third-order valence-electron chi connectivity index (χ3n) is 5.28. The fraction of sp³-hybridized carbons (Fsp3) is 0.240. The lowest BCUT2D eigenvalue weighted by molar-refractivity contribution is -0.128. The van der Waals surface area contributed by atoms with Crippen molar-refractivity contribution >= 4 is 37.5 Å². The van der Waals surface area contributed by atoms with Gasteiger partial charge < -0.3 is 9.64 Å². The first-order valence-electron chi connectivity index (χ1n) is 10.3. The van der Waals surface area contributed by atoms with Gasteiger partial charge in [-0.3, -0.25) is 9.10 Å². The molecule has 0 radical (unpaired) electrons. The standard InChI is InChI=1S/C25H27BrN2O4S/c1-18-5-9-20(10-6-18)16-27(3)25(29)17-28(21-11-7-19(2)8-12-21)33(30,31)22-13-14-24(32-4)23(26)15-22/h5-15H,16-17H2,1-4H3. The Labute approximate surface area is 204 Å². The molecule has 0 unspecified atom stereocenters. The molecule has 0 fully saturated rings. The number of ether oxygens (including phenoxy) is 1. The molecule has 0 atom stereocenters. The van der Waals surface area contributed by atoms with Gasteiger partial charge in [-0.15, -0.1) is 0 Å². The van der Waals surface area contributed by atoms with Gasteiger partial charge in [-0.25, -0.2) is 8.42 Å². The lowest BCUT2D eigenvalue weighted by Gasteiger charge is -2.27. The van der Waals surface area contributed by atoms with Gasteiger partial charge in [-0.2, -0.15) is 0 Å². The summed E-state index contributed by atoms with van der Waals surface area (Å²) in [6, 6.07) is 19.5. The summed E-state index contributed by atoms with van der Waals surface area (Å²) in [5.74, 6) is 0.206. The first-order chi connectivity index (χ1) is 15.6. The van der Waals surface area contributed by atoms with E-state index in [1.54, 1.807) is 25.2 Å². The molecule has 0 aliphatic rings. The van der Waals surface area contributed by atoms with Crippen LogP contribution in [0.25, 0.3) is 0 Å². The number of benzene rings is 3. The summed E-state index contributed by atoms with van der Waals surface area (Å²) in [5, 5.41) is 0. The van der Waals surface area contributed by atoms with Gasteiger partial charge in [0.2, 0.25) is 5.91 Å².